The molecule has 6 heteroatoms. The van der Waals surface area contributed by atoms with Gasteiger partial charge in [-0.1, -0.05) is 0 Å². The monoisotopic (exact) mass is 246 g/mol. The number of amides is 1. The van der Waals surface area contributed by atoms with Crippen molar-refractivity contribution in [1.29, 1.82) is 0 Å². The van der Waals surface area contributed by atoms with Crippen LogP contribution in [-0.2, 0) is 6.54 Å². The summed E-state index contributed by atoms with van der Waals surface area (Å²) in [6.07, 6.45) is 6.65. The summed E-state index contributed by atoms with van der Waals surface area (Å²) >= 11 is 0. The summed E-state index contributed by atoms with van der Waals surface area (Å²) in [5.74, 6) is -0.509. The lowest BCUT2D eigenvalue weighted by molar-refractivity contribution is 0.0928. The summed E-state index contributed by atoms with van der Waals surface area (Å²) in [5.41, 5.74) is 0.0370. The first kappa shape index (κ1) is 12.1. The number of aromatic hydroxyl groups is 1. The van der Waals surface area contributed by atoms with Gasteiger partial charge in [-0.05, 0) is 19.1 Å². The van der Waals surface area contributed by atoms with Gasteiger partial charge in [-0.3, -0.25) is 4.79 Å². The lowest BCUT2D eigenvalue weighted by Crippen LogP contribution is -2.35. The molecule has 2 N–H and O–H groups in total. The first-order valence-electron chi connectivity index (χ1n) is 5.57. The van der Waals surface area contributed by atoms with Gasteiger partial charge in [0.05, 0.1) is 6.33 Å². The summed E-state index contributed by atoms with van der Waals surface area (Å²) in [6.45, 7) is 2.48. The third-order valence-corrected chi connectivity index (χ3v) is 2.42. The van der Waals surface area contributed by atoms with E-state index >= 15 is 0 Å². The van der Waals surface area contributed by atoms with Crippen molar-refractivity contribution < 1.29 is 9.90 Å². The van der Waals surface area contributed by atoms with Gasteiger partial charge in [0.1, 0.15) is 5.75 Å². The zero-order valence-electron chi connectivity index (χ0n) is 9.95. The number of nitrogens with one attached hydrogen (secondary N) is 1. The van der Waals surface area contributed by atoms with E-state index in [1.807, 2.05) is 17.7 Å². The highest BCUT2D eigenvalue weighted by Crippen LogP contribution is 2.12. The summed E-state index contributed by atoms with van der Waals surface area (Å²) in [4.78, 5) is 19.6. The maximum atomic E-state index is 11.8. The number of carbonyl (C=O) groups is 1. The predicted octanol–water partition coefficient (Wildman–Crippen LogP) is 0.802. The van der Waals surface area contributed by atoms with Crippen molar-refractivity contribution in [2.24, 2.45) is 0 Å². The van der Waals surface area contributed by atoms with Crippen LogP contribution in [0.4, 0.5) is 0 Å². The minimum atomic E-state index is -0.388. The van der Waals surface area contributed by atoms with Crippen LogP contribution in [-0.4, -0.2) is 31.6 Å². The molecule has 0 saturated heterocycles. The fourth-order valence-electron chi connectivity index (χ4n) is 1.62. The SMILES string of the molecule is CC(Cn1ccnc1)NC(=O)c1ncccc1O. The van der Waals surface area contributed by atoms with Crippen LogP contribution in [0.15, 0.2) is 37.1 Å². The normalized spacial score (nSPS) is 12.1. The van der Waals surface area contributed by atoms with Gasteiger partial charge in [-0.15, -0.1) is 0 Å². The summed E-state index contributed by atoms with van der Waals surface area (Å²) in [6, 6.07) is 2.91. The Morgan fingerprint density at radius 3 is 3.06 bits per heavy atom. The highest BCUT2D eigenvalue weighted by Gasteiger charge is 2.14. The first-order chi connectivity index (χ1) is 8.66. The molecule has 2 heterocycles. The van der Waals surface area contributed by atoms with Gasteiger partial charge >= 0.3 is 0 Å². The Morgan fingerprint density at radius 1 is 1.56 bits per heavy atom. The van der Waals surface area contributed by atoms with Gasteiger partial charge in [-0.25, -0.2) is 9.97 Å². The third-order valence-electron chi connectivity index (χ3n) is 2.42. The Labute approximate surface area is 104 Å². The van der Waals surface area contributed by atoms with Gasteiger partial charge in [-0.2, -0.15) is 0 Å². The van der Waals surface area contributed by atoms with E-state index in [2.05, 4.69) is 15.3 Å². The standard InChI is InChI=1S/C12H14N4O2/c1-9(7-16-6-5-13-8-16)15-12(18)11-10(17)3-2-4-14-11/h2-6,8-9,17H,7H2,1H3,(H,15,18). The second-order valence-corrected chi connectivity index (χ2v) is 4.01. The summed E-state index contributed by atoms with van der Waals surface area (Å²) in [5, 5.41) is 12.3. The number of aromatic nitrogens is 3. The van der Waals surface area contributed by atoms with Gasteiger partial charge in [0, 0.05) is 31.2 Å². The molecule has 0 aromatic carbocycles. The van der Waals surface area contributed by atoms with Crippen molar-refractivity contribution in [3.8, 4) is 5.75 Å². The maximum Gasteiger partial charge on any atom is 0.274 e. The van der Waals surface area contributed by atoms with E-state index in [1.54, 1.807) is 18.6 Å². The molecule has 18 heavy (non-hydrogen) atoms. The number of carbonyl (C=O) groups excluding carboxylic acids is 1. The van der Waals surface area contributed by atoms with Crippen LogP contribution in [0.3, 0.4) is 0 Å². The van der Waals surface area contributed by atoms with Crippen molar-refractivity contribution in [2.75, 3.05) is 0 Å². The van der Waals surface area contributed by atoms with Gasteiger partial charge in [0.25, 0.3) is 5.91 Å². The zero-order chi connectivity index (χ0) is 13.0. The average Bonchev–Trinajstić information content (AvgIpc) is 2.82. The molecule has 0 bridgehead atoms. The van der Waals surface area contributed by atoms with E-state index < -0.39 is 0 Å². The fourth-order valence-corrected chi connectivity index (χ4v) is 1.62. The van der Waals surface area contributed by atoms with Crippen LogP contribution in [0.2, 0.25) is 0 Å². The van der Waals surface area contributed by atoms with E-state index in [0.717, 1.165) is 0 Å². The Morgan fingerprint density at radius 2 is 2.39 bits per heavy atom. The largest absolute Gasteiger partial charge is 0.505 e. The molecule has 1 amide bonds. The van der Waals surface area contributed by atoms with Crippen molar-refractivity contribution >= 4 is 5.91 Å². The lowest BCUT2D eigenvalue weighted by atomic mass is 10.2. The molecule has 0 fully saturated rings. The van der Waals surface area contributed by atoms with Crippen molar-refractivity contribution in [3.05, 3.63) is 42.7 Å². The average molecular weight is 246 g/mol. The van der Waals surface area contributed by atoms with Crippen LogP contribution in [0.1, 0.15) is 17.4 Å². The van der Waals surface area contributed by atoms with E-state index in [4.69, 9.17) is 0 Å². The number of hydrogen-bond acceptors (Lipinski definition) is 4. The Hall–Kier alpha value is -2.37. The molecule has 0 radical (unpaired) electrons. The quantitative estimate of drug-likeness (QED) is 0.836. The molecule has 1 atom stereocenters. The fraction of sp³-hybridized carbons (Fsp3) is 0.250. The second-order valence-electron chi connectivity index (χ2n) is 4.01. The minimum absolute atomic E-state index is 0.0370. The molecular formula is C12H14N4O2. The van der Waals surface area contributed by atoms with Gasteiger partial charge in [0.2, 0.25) is 0 Å². The second kappa shape index (κ2) is 5.31. The summed E-state index contributed by atoms with van der Waals surface area (Å²) < 4.78 is 1.86. The smallest absolute Gasteiger partial charge is 0.274 e. The van der Waals surface area contributed by atoms with Gasteiger partial charge in [0.15, 0.2) is 5.69 Å². The first-order valence-corrected chi connectivity index (χ1v) is 5.57. The molecule has 0 aliphatic rings. The zero-order valence-corrected chi connectivity index (χ0v) is 9.95. The molecule has 2 rings (SSSR count). The lowest BCUT2D eigenvalue weighted by Gasteiger charge is -2.14. The summed E-state index contributed by atoms with van der Waals surface area (Å²) in [7, 11) is 0. The number of rotatable bonds is 4. The highest BCUT2D eigenvalue weighted by atomic mass is 16.3. The van der Waals surface area contributed by atoms with E-state index in [9.17, 15) is 9.90 Å². The Bertz CT molecular complexity index is 525. The molecule has 2 aromatic heterocycles. The molecule has 0 spiro atoms. The minimum Gasteiger partial charge on any atom is -0.505 e. The topological polar surface area (TPSA) is 80.0 Å². The molecule has 0 aliphatic heterocycles. The number of hydrogen-bond donors (Lipinski definition) is 2. The predicted molar refractivity (Wildman–Crippen MR) is 65.1 cm³/mol. The maximum absolute atomic E-state index is 11.8. The number of pyridine rings is 1. The number of imidazole rings is 1. The molecule has 94 valence electrons. The molecule has 0 aliphatic carbocycles. The van der Waals surface area contributed by atoms with Gasteiger partial charge < -0.3 is 15.0 Å². The Balaban J connectivity index is 1.97. The Kier molecular flexibility index (Phi) is 3.57. The van der Waals surface area contributed by atoms with Crippen LogP contribution < -0.4 is 5.32 Å². The van der Waals surface area contributed by atoms with Crippen molar-refractivity contribution in [3.63, 3.8) is 0 Å². The third kappa shape index (κ3) is 2.85. The van der Waals surface area contributed by atoms with Crippen molar-refractivity contribution in [2.45, 2.75) is 19.5 Å². The van der Waals surface area contributed by atoms with Crippen LogP contribution >= 0.6 is 0 Å². The van der Waals surface area contributed by atoms with E-state index in [1.165, 1.54) is 12.3 Å². The van der Waals surface area contributed by atoms with Crippen LogP contribution in [0.5, 0.6) is 5.75 Å². The van der Waals surface area contributed by atoms with Crippen LogP contribution in [0, 0.1) is 0 Å². The van der Waals surface area contributed by atoms with Crippen LogP contribution in [0.25, 0.3) is 0 Å². The molecule has 0 saturated carbocycles. The molecule has 2 aromatic rings. The van der Waals surface area contributed by atoms with E-state index in [0.29, 0.717) is 6.54 Å². The van der Waals surface area contributed by atoms with E-state index in [-0.39, 0.29) is 23.4 Å². The molecular weight excluding hydrogens is 232 g/mol. The number of nitrogens with zero attached hydrogens (tertiary/aromatic N) is 3. The van der Waals surface area contributed by atoms with Crippen molar-refractivity contribution in [1.82, 2.24) is 19.9 Å². The molecule has 6 nitrogen and oxygen atoms in total. The molecule has 1 unspecified atom stereocenters. The highest BCUT2D eigenvalue weighted by molar-refractivity contribution is 5.94.